The fraction of sp³-hybridized carbons (Fsp3) is 0.346. The Morgan fingerprint density at radius 2 is 1.70 bits per heavy atom. The lowest BCUT2D eigenvalue weighted by Crippen LogP contribution is -2.48. The van der Waals surface area contributed by atoms with E-state index in [0.717, 1.165) is 11.1 Å². The van der Waals surface area contributed by atoms with Crippen LogP contribution in [0.5, 0.6) is 0 Å². The number of amides is 2. The first-order valence-electron chi connectivity index (χ1n) is 11.3. The Hall–Kier alpha value is -3.48. The van der Waals surface area contributed by atoms with Gasteiger partial charge >= 0.3 is 0 Å². The molecule has 1 saturated heterocycles. The van der Waals surface area contributed by atoms with Gasteiger partial charge in [0.1, 0.15) is 18.8 Å². The van der Waals surface area contributed by atoms with Crippen molar-refractivity contribution in [3.8, 4) is 0 Å². The van der Waals surface area contributed by atoms with Gasteiger partial charge in [-0.15, -0.1) is 0 Å². The Labute approximate surface area is 193 Å². The monoisotopic (exact) mass is 448 g/mol. The van der Waals surface area contributed by atoms with Gasteiger partial charge in [0.15, 0.2) is 0 Å². The maximum absolute atomic E-state index is 14.3. The third-order valence-corrected chi connectivity index (χ3v) is 6.09. The zero-order chi connectivity index (χ0) is 23.4. The van der Waals surface area contributed by atoms with E-state index in [4.69, 9.17) is 0 Å². The zero-order valence-corrected chi connectivity index (χ0v) is 18.9. The van der Waals surface area contributed by atoms with Gasteiger partial charge in [0, 0.05) is 18.8 Å². The highest BCUT2D eigenvalue weighted by Crippen LogP contribution is 2.27. The summed E-state index contributed by atoms with van der Waals surface area (Å²) in [7, 11) is 0. The summed E-state index contributed by atoms with van der Waals surface area (Å²) in [6, 6.07) is 18.3. The first kappa shape index (κ1) is 22.7. The second kappa shape index (κ2) is 9.98. The molecular formula is C26H29FN4O2. The first-order chi connectivity index (χ1) is 15.9. The molecule has 3 aromatic rings. The first-order valence-corrected chi connectivity index (χ1v) is 11.3. The van der Waals surface area contributed by atoms with Crippen molar-refractivity contribution >= 4 is 11.8 Å². The third kappa shape index (κ3) is 5.30. The molecule has 4 rings (SSSR count). The number of benzene rings is 2. The minimum Gasteiger partial charge on any atom is -0.343 e. The molecule has 1 fully saturated rings. The van der Waals surface area contributed by atoms with Crippen LogP contribution < -0.4 is 5.32 Å². The van der Waals surface area contributed by atoms with Crippen molar-refractivity contribution in [2.45, 2.75) is 51.0 Å². The van der Waals surface area contributed by atoms with E-state index in [1.165, 1.54) is 15.1 Å². The number of nitrogens with zero attached hydrogens (tertiary/aromatic N) is 3. The standard InChI is InChI=1S/C26H29FN4O2/c1-18(2)19-9-11-21(12-10-19)25(20-7-4-3-5-8-20)29-26(33)23-15-22(27)16-31(23)24(32)17-30-14-6-13-28-30/h3-14,18,22-23,25H,15-17H2,1-2H3,(H,29,33). The molecule has 3 atom stereocenters. The number of hydrogen-bond donors (Lipinski definition) is 1. The quantitative estimate of drug-likeness (QED) is 0.597. The van der Waals surface area contributed by atoms with Crippen molar-refractivity contribution in [2.75, 3.05) is 6.54 Å². The van der Waals surface area contributed by atoms with E-state index in [2.05, 4.69) is 36.4 Å². The summed E-state index contributed by atoms with van der Waals surface area (Å²) in [6.07, 6.45) is 2.00. The Bertz CT molecular complexity index is 1070. The number of aromatic nitrogens is 2. The van der Waals surface area contributed by atoms with Crippen LogP contribution >= 0.6 is 0 Å². The van der Waals surface area contributed by atoms with Crippen molar-refractivity contribution < 1.29 is 14.0 Å². The predicted molar refractivity (Wildman–Crippen MR) is 124 cm³/mol. The molecule has 33 heavy (non-hydrogen) atoms. The van der Waals surface area contributed by atoms with Crippen LogP contribution in [0.1, 0.15) is 48.9 Å². The highest BCUT2D eigenvalue weighted by atomic mass is 19.1. The molecule has 2 heterocycles. The molecule has 0 saturated carbocycles. The highest BCUT2D eigenvalue weighted by Gasteiger charge is 2.40. The van der Waals surface area contributed by atoms with Crippen LogP contribution in [-0.4, -0.2) is 45.3 Å². The van der Waals surface area contributed by atoms with Gasteiger partial charge in [-0.25, -0.2) is 4.39 Å². The van der Waals surface area contributed by atoms with Crippen molar-refractivity contribution in [1.29, 1.82) is 0 Å². The Balaban J connectivity index is 1.56. The summed E-state index contributed by atoms with van der Waals surface area (Å²) in [5.41, 5.74) is 3.07. The van der Waals surface area contributed by atoms with Crippen LogP contribution in [0.3, 0.4) is 0 Å². The summed E-state index contributed by atoms with van der Waals surface area (Å²) in [5, 5.41) is 7.12. The predicted octanol–water partition coefficient (Wildman–Crippen LogP) is 3.85. The molecule has 0 aliphatic carbocycles. The molecule has 6 nitrogen and oxygen atoms in total. The lowest BCUT2D eigenvalue weighted by molar-refractivity contribution is -0.139. The minimum absolute atomic E-state index is 0.00945. The molecule has 2 aromatic carbocycles. The second-order valence-electron chi connectivity index (χ2n) is 8.77. The number of likely N-dealkylation sites (tertiary alicyclic amines) is 1. The number of alkyl halides is 1. The highest BCUT2D eigenvalue weighted by molar-refractivity contribution is 5.88. The average molecular weight is 449 g/mol. The molecule has 1 aliphatic heterocycles. The van der Waals surface area contributed by atoms with E-state index >= 15 is 0 Å². The van der Waals surface area contributed by atoms with Crippen LogP contribution in [0.25, 0.3) is 0 Å². The summed E-state index contributed by atoms with van der Waals surface area (Å²) in [6.45, 7) is 4.15. The van der Waals surface area contributed by atoms with Crippen molar-refractivity contribution in [1.82, 2.24) is 20.0 Å². The van der Waals surface area contributed by atoms with Gasteiger partial charge < -0.3 is 10.2 Å². The lowest BCUT2D eigenvalue weighted by Gasteiger charge is -2.27. The van der Waals surface area contributed by atoms with Crippen molar-refractivity contribution in [3.63, 3.8) is 0 Å². The second-order valence-corrected chi connectivity index (χ2v) is 8.77. The van der Waals surface area contributed by atoms with Crippen molar-refractivity contribution in [2.24, 2.45) is 0 Å². The summed E-state index contributed by atoms with van der Waals surface area (Å²) in [5.74, 6) is -0.277. The molecule has 0 bridgehead atoms. The molecule has 172 valence electrons. The van der Waals surface area contributed by atoms with Crippen LogP contribution in [0.4, 0.5) is 4.39 Å². The number of carbonyl (C=O) groups excluding carboxylic acids is 2. The Kier molecular flexibility index (Phi) is 6.87. The van der Waals surface area contributed by atoms with Gasteiger partial charge in [-0.2, -0.15) is 5.10 Å². The number of carbonyl (C=O) groups is 2. The lowest BCUT2D eigenvalue weighted by atomic mass is 9.95. The van der Waals surface area contributed by atoms with E-state index in [-0.39, 0.29) is 31.3 Å². The Morgan fingerprint density at radius 1 is 1.03 bits per heavy atom. The summed E-state index contributed by atoms with van der Waals surface area (Å²) >= 11 is 0. The maximum atomic E-state index is 14.3. The number of nitrogens with one attached hydrogen (secondary N) is 1. The molecule has 0 spiro atoms. The van der Waals surface area contributed by atoms with E-state index < -0.39 is 18.3 Å². The third-order valence-electron chi connectivity index (χ3n) is 6.09. The molecule has 1 N–H and O–H groups in total. The maximum Gasteiger partial charge on any atom is 0.245 e. The van der Waals surface area contributed by atoms with E-state index in [9.17, 15) is 14.0 Å². The van der Waals surface area contributed by atoms with Gasteiger partial charge in [-0.05, 0) is 28.7 Å². The van der Waals surface area contributed by atoms with Crippen LogP contribution in [0.15, 0.2) is 73.1 Å². The molecular weight excluding hydrogens is 419 g/mol. The zero-order valence-electron chi connectivity index (χ0n) is 18.9. The largest absolute Gasteiger partial charge is 0.343 e. The van der Waals surface area contributed by atoms with Gasteiger partial charge in [-0.3, -0.25) is 14.3 Å². The SMILES string of the molecule is CC(C)c1ccc(C(NC(=O)C2CC(F)CN2C(=O)Cn2cccn2)c2ccccc2)cc1. The average Bonchev–Trinajstić information content (AvgIpc) is 3.47. The molecule has 0 radical (unpaired) electrons. The fourth-order valence-electron chi connectivity index (χ4n) is 4.25. The van der Waals surface area contributed by atoms with E-state index in [0.29, 0.717) is 5.92 Å². The topological polar surface area (TPSA) is 67.2 Å². The minimum atomic E-state index is -1.23. The van der Waals surface area contributed by atoms with Gasteiger partial charge in [0.2, 0.25) is 11.8 Å². The molecule has 3 unspecified atom stereocenters. The number of halogens is 1. The fourth-order valence-corrected chi connectivity index (χ4v) is 4.25. The summed E-state index contributed by atoms with van der Waals surface area (Å²) < 4.78 is 15.8. The molecule has 1 aromatic heterocycles. The van der Waals surface area contributed by atoms with Crippen molar-refractivity contribution in [3.05, 3.63) is 89.7 Å². The van der Waals surface area contributed by atoms with Crippen LogP contribution in [0.2, 0.25) is 0 Å². The van der Waals surface area contributed by atoms with E-state index in [1.54, 1.807) is 18.5 Å². The summed E-state index contributed by atoms with van der Waals surface area (Å²) in [4.78, 5) is 27.5. The number of hydrogen-bond acceptors (Lipinski definition) is 3. The van der Waals surface area contributed by atoms with Gasteiger partial charge in [0.05, 0.1) is 12.6 Å². The normalized spacial score (nSPS) is 19.0. The van der Waals surface area contributed by atoms with Crippen LogP contribution in [-0.2, 0) is 16.1 Å². The van der Waals surface area contributed by atoms with Crippen LogP contribution in [0, 0.1) is 0 Å². The molecule has 2 amide bonds. The molecule has 1 aliphatic rings. The molecule has 7 heteroatoms. The smallest absolute Gasteiger partial charge is 0.245 e. The number of rotatable bonds is 7. The Morgan fingerprint density at radius 3 is 2.33 bits per heavy atom. The van der Waals surface area contributed by atoms with E-state index in [1.807, 2.05) is 42.5 Å². The van der Waals surface area contributed by atoms with Gasteiger partial charge in [-0.1, -0.05) is 68.4 Å². The van der Waals surface area contributed by atoms with Gasteiger partial charge in [0.25, 0.3) is 0 Å².